The largest absolute Gasteiger partial charge is 0.351 e. The molecule has 2 unspecified atom stereocenters. The van der Waals surface area contributed by atoms with E-state index in [2.05, 4.69) is 27.1 Å². The van der Waals surface area contributed by atoms with Crippen LogP contribution in [0.2, 0.25) is 0 Å². The van der Waals surface area contributed by atoms with Crippen molar-refractivity contribution in [3.05, 3.63) is 48.2 Å². The van der Waals surface area contributed by atoms with E-state index in [4.69, 9.17) is 0 Å². The van der Waals surface area contributed by atoms with Crippen molar-refractivity contribution in [3.8, 4) is 0 Å². The van der Waals surface area contributed by atoms with Crippen LogP contribution in [0.5, 0.6) is 0 Å². The minimum Gasteiger partial charge on any atom is -0.351 e. The highest BCUT2D eigenvalue weighted by Crippen LogP contribution is 2.19. The van der Waals surface area contributed by atoms with Gasteiger partial charge >= 0.3 is 0 Å². The summed E-state index contributed by atoms with van der Waals surface area (Å²) in [6.45, 7) is 6.39. The number of amides is 2. The molecule has 3 rings (SSSR count). The van der Waals surface area contributed by atoms with Crippen molar-refractivity contribution in [1.82, 2.24) is 25.4 Å². The summed E-state index contributed by atoms with van der Waals surface area (Å²) >= 11 is 0. The Morgan fingerprint density at radius 2 is 2.23 bits per heavy atom. The molecule has 0 spiro atoms. The van der Waals surface area contributed by atoms with Gasteiger partial charge in [0.25, 0.3) is 5.91 Å². The van der Waals surface area contributed by atoms with Gasteiger partial charge in [-0.05, 0) is 31.2 Å². The number of H-pyrrole nitrogens is 1. The predicted molar refractivity (Wildman–Crippen MR) is 118 cm³/mol. The quantitative estimate of drug-likeness (QED) is 0.597. The first-order valence-electron chi connectivity index (χ1n) is 10.2. The van der Waals surface area contributed by atoms with Crippen molar-refractivity contribution in [2.75, 3.05) is 19.6 Å². The van der Waals surface area contributed by atoms with Gasteiger partial charge in [-0.25, -0.2) is 13.4 Å². The third-order valence-corrected chi connectivity index (χ3v) is 7.31. The highest BCUT2D eigenvalue weighted by atomic mass is 32.2. The number of hydrogen-bond donors (Lipinski definition) is 2. The van der Waals surface area contributed by atoms with Crippen molar-refractivity contribution >= 4 is 32.7 Å². The summed E-state index contributed by atoms with van der Waals surface area (Å²) in [5.74, 6) is -0.500. The Balaban J connectivity index is 1.53. The zero-order valence-corrected chi connectivity index (χ0v) is 18.3. The van der Waals surface area contributed by atoms with Crippen molar-refractivity contribution in [2.24, 2.45) is 5.92 Å². The smallest absolute Gasteiger partial charge is 0.252 e. The summed E-state index contributed by atoms with van der Waals surface area (Å²) in [6, 6.07) is 1.70. The lowest BCUT2D eigenvalue weighted by Crippen LogP contribution is -2.43. The van der Waals surface area contributed by atoms with Gasteiger partial charge in [0, 0.05) is 43.5 Å². The van der Waals surface area contributed by atoms with E-state index in [0.717, 1.165) is 5.39 Å². The number of likely N-dealkylation sites (tertiary alicyclic amines) is 1. The number of allylic oxidation sites excluding steroid dienone is 1. The number of rotatable bonds is 8. The molecule has 0 aromatic carbocycles. The fourth-order valence-electron chi connectivity index (χ4n) is 3.52. The van der Waals surface area contributed by atoms with Crippen LogP contribution in [0.25, 0.3) is 11.0 Å². The Hall–Kier alpha value is -3.01. The first-order valence-corrected chi connectivity index (χ1v) is 11.8. The molecule has 1 saturated heterocycles. The summed E-state index contributed by atoms with van der Waals surface area (Å²) in [7, 11) is -3.46. The molecule has 1 fully saturated rings. The Bertz CT molecular complexity index is 1090. The van der Waals surface area contributed by atoms with Crippen LogP contribution < -0.4 is 5.32 Å². The second-order valence-electron chi connectivity index (χ2n) is 7.66. The summed E-state index contributed by atoms with van der Waals surface area (Å²) in [6.07, 6.45) is 8.00. The molecule has 10 heteroatoms. The average Bonchev–Trinajstić information content (AvgIpc) is 3.23. The van der Waals surface area contributed by atoms with Crippen LogP contribution >= 0.6 is 0 Å². The van der Waals surface area contributed by atoms with Crippen LogP contribution in [0.3, 0.4) is 0 Å². The van der Waals surface area contributed by atoms with E-state index >= 15 is 0 Å². The molecule has 1 aliphatic heterocycles. The maximum absolute atomic E-state index is 12.6. The van der Waals surface area contributed by atoms with Gasteiger partial charge in [-0.3, -0.25) is 14.7 Å². The molecule has 2 N–H and O–H groups in total. The number of carbonyl (C=O) groups is 2. The third kappa shape index (κ3) is 5.78. The fraction of sp³-hybridized carbons (Fsp3) is 0.429. The summed E-state index contributed by atoms with van der Waals surface area (Å²) in [5.41, 5.74) is 1.03. The zero-order chi connectivity index (χ0) is 22.4. The SMILES string of the molecule is C=CC(CC=CS(=O)(=O)C1CCCN(C(C)=O)C1)CNC(=O)c1cnc2[nH]ncc2c1. The highest BCUT2D eigenvalue weighted by molar-refractivity contribution is 7.94. The second kappa shape index (κ2) is 9.86. The topological polar surface area (TPSA) is 125 Å². The molecule has 2 aromatic heterocycles. The lowest BCUT2D eigenvalue weighted by molar-refractivity contribution is -0.129. The van der Waals surface area contributed by atoms with Gasteiger partial charge in [0.1, 0.15) is 0 Å². The molecule has 2 aromatic rings. The number of nitrogens with one attached hydrogen (secondary N) is 2. The van der Waals surface area contributed by atoms with Crippen LogP contribution in [-0.4, -0.2) is 65.2 Å². The van der Waals surface area contributed by atoms with Crippen molar-refractivity contribution in [3.63, 3.8) is 0 Å². The maximum atomic E-state index is 12.6. The van der Waals surface area contributed by atoms with Gasteiger partial charge in [-0.2, -0.15) is 5.10 Å². The Morgan fingerprint density at radius 3 is 2.97 bits per heavy atom. The van der Waals surface area contributed by atoms with Crippen LogP contribution in [0.4, 0.5) is 0 Å². The molecule has 1 aliphatic rings. The van der Waals surface area contributed by atoms with E-state index in [1.54, 1.807) is 29.3 Å². The number of pyridine rings is 1. The van der Waals surface area contributed by atoms with Gasteiger partial charge in [-0.1, -0.05) is 12.2 Å². The monoisotopic (exact) mass is 445 g/mol. The third-order valence-electron chi connectivity index (χ3n) is 5.42. The average molecular weight is 446 g/mol. The Labute approximate surface area is 181 Å². The van der Waals surface area contributed by atoms with E-state index in [1.807, 2.05) is 0 Å². The molecule has 0 saturated carbocycles. The molecule has 166 valence electrons. The number of carbonyl (C=O) groups excluding carboxylic acids is 2. The minimum absolute atomic E-state index is 0.103. The van der Waals surface area contributed by atoms with Crippen LogP contribution in [0, 0.1) is 5.92 Å². The van der Waals surface area contributed by atoms with E-state index in [9.17, 15) is 18.0 Å². The molecule has 2 atom stereocenters. The standard InChI is InChI=1S/C21H27N5O4S/c1-3-16(11-23-21(28)18-10-17-13-24-25-20(17)22-12-18)6-5-9-31(29,30)19-7-4-8-26(14-19)15(2)27/h3,5,9-10,12-13,16,19H,1,4,6-8,11,14H2,2H3,(H,23,28)(H,22,24,25). The summed E-state index contributed by atoms with van der Waals surface area (Å²) in [4.78, 5) is 29.7. The number of nitrogens with zero attached hydrogens (tertiary/aromatic N) is 3. The van der Waals surface area contributed by atoms with Gasteiger partial charge in [0.2, 0.25) is 5.91 Å². The molecule has 2 amide bonds. The molecule has 0 aliphatic carbocycles. The molecular weight excluding hydrogens is 418 g/mol. The number of aromatic amines is 1. The number of piperidine rings is 1. The van der Waals surface area contributed by atoms with Gasteiger partial charge < -0.3 is 10.2 Å². The van der Waals surface area contributed by atoms with E-state index in [-0.39, 0.29) is 24.3 Å². The van der Waals surface area contributed by atoms with Crippen LogP contribution in [-0.2, 0) is 14.6 Å². The normalized spacial score (nSPS) is 18.2. The Morgan fingerprint density at radius 1 is 1.42 bits per heavy atom. The van der Waals surface area contributed by atoms with Gasteiger partial charge in [-0.15, -0.1) is 6.58 Å². The number of aromatic nitrogens is 3. The lowest BCUT2D eigenvalue weighted by atomic mass is 10.1. The molecule has 0 radical (unpaired) electrons. The first kappa shape index (κ1) is 22.7. The fourth-order valence-corrected chi connectivity index (χ4v) is 5.00. The summed E-state index contributed by atoms with van der Waals surface area (Å²) < 4.78 is 25.2. The highest BCUT2D eigenvalue weighted by Gasteiger charge is 2.30. The predicted octanol–water partition coefficient (Wildman–Crippen LogP) is 1.82. The molecular formula is C21H27N5O4S. The second-order valence-corrected chi connectivity index (χ2v) is 9.78. The van der Waals surface area contributed by atoms with E-state index < -0.39 is 15.1 Å². The van der Waals surface area contributed by atoms with Crippen molar-refractivity contribution in [2.45, 2.75) is 31.4 Å². The molecule has 0 bridgehead atoms. The molecule has 31 heavy (non-hydrogen) atoms. The van der Waals surface area contributed by atoms with Crippen molar-refractivity contribution in [1.29, 1.82) is 0 Å². The minimum atomic E-state index is -3.46. The zero-order valence-electron chi connectivity index (χ0n) is 17.5. The number of fused-ring (bicyclic) bond motifs is 1. The molecule has 9 nitrogen and oxygen atoms in total. The van der Waals surface area contributed by atoms with E-state index in [0.29, 0.717) is 43.6 Å². The summed E-state index contributed by atoms with van der Waals surface area (Å²) in [5, 5.41) is 10.8. The van der Waals surface area contributed by atoms with E-state index in [1.165, 1.54) is 18.5 Å². The number of sulfone groups is 1. The first-order chi connectivity index (χ1) is 14.8. The van der Waals surface area contributed by atoms with Gasteiger partial charge in [0.05, 0.1) is 17.0 Å². The Kier molecular flexibility index (Phi) is 7.21. The number of hydrogen-bond acceptors (Lipinski definition) is 6. The van der Waals surface area contributed by atoms with Crippen molar-refractivity contribution < 1.29 is 18.0 Å². The van der Waals surface area contributed by atoms with Crippen LogP contribution in [0.15, 0.2) is 42.6 Å². The molecule has 3 heterocycles. The van der Waals surface area contributed by atoms with Gasteiger partial charge in [0.15, 0.2) is 15.5 Å². The van der Waals surface area contributed by atoms with Crippen LogP contribution in [0.1, 0.15) is 36.5 Å². The maximum Gasteiger partial charge on any atom is 0.252 e. The lowest BCUT2D eigenvalue weighted by Gasteiger charge is -2.31.